The van der Waals surface area contributed by atoms with Gasteiger partial charge < -0.3 is 9.15 Å². The monoisotopic (exact) mass is 553 g/mol. The summed E-state index contributed by atoms with van der Waals surface area (Å²) in [6, 6.07) is 22.9. The van der Waals surface area contributed by atoms with Crippen LogP contribution < -0.4 is 10.4 Å². The zero-order valence-electron chi connectivity index (χ0n) is 15.8. The summed E-state index contributed by atoms with van der Waals surface area (Å²) in [5.74, 6) is 1.53. The first-order valence-corrected chi connectivity index (χ1v) is 11.8. The fourth-order valence-corrected chi connectivity index (χ4v) is 5.33. The summed E-state index contributed by atoms with van der Waals surface area (Å²) in [6.07, 6.45) is 0. The van der Waals surface area contributed by atoms with E-state index in [-0.39, 0.29) is 0 Å². The Labute approximate surface area is 198 Å². The van der Waals surface area contributed by atoms with E-state index in [9.17, 15) is 4.79 Å². The van der Waals surface area contributed by atoms with Gasteiger partial charge in [0.05, 0.1) is 15.7 Å². The average Bonchev–Trinajstić information content (AvgIpc) is 3.25. The van der Waals surface area contributed by atoms with Crippen molar-refractivity contribution in [2.24, 2.45) is 0 Å². The summed E-state index contributed by atoms with van der Waals surface area (Å²) in [6.45, 7) is 0. The molecule has 0 aliphatic heterocycles. The minimum atomic E-state index is -0.414. The Morgan fingerprint density at radius 1 is 0.903 bits per heavy atom. The lowest BCUT2D eigenvalue weighted by Gasteiger charge is -2.05. The predicted octanol–water partition coefficient (Wildman–Crippen LogP) is 7.90. The molecule has 2 aromatic heterocycles. The molecule has 0 fully saturated rings. The van der Waals surface area contributed by atoms with Crippen LogP contribution in [-0.2, 0) is 0 Å². The second-order valence-electron chi connectivity index (χ2n) is 6.73. The van der Waals surface area contributed by atoms with E-state index >= 15 is 0 Å². The standard InChI is InChI=1S/C24H13Br2NO3S/c25-16-10-15-11-19(24(28)30-22(15)20(26)12-16)23-27-21(13-31-23)14-6-8-18(9-7-14)29-17-4-2-1-3-5-17/h1-13H. The predicted molar refractivity (Wildman–Crippen MR) is 131 cm³/mol. The highest BCUT2D eigenvalue weighted by Gasteiger charge is 2.14. The topological polar surface area (TPSA) is 52.3 Å². The van der Waals surface area contributed by atoms with Gasteiger partial charge in [0.2, 0.25) is 0 Å². The number of hydrogen-bond donors (Lipinski definition) is 0. The molecule has 0 N–H and O–H groups in total. The molecule has 5 rings (SSSR count). The van der Waals surface area contributed by atoms with Crippen molar-refractivity contribution in [3.8, 4) is 33.3 Å². The molecular formula is C24H13Br2NO3S. The minimum Gasteiger partial charge on any atom is -0.457 e. The molecule has 0 atom stereocenters. The van der Waals surface area contributed by atoms with Crippen LogP contribution in [0.4, 0.5) is 0 Å². The van der Waals surface area contributed by atoms with E-state index < -0.39 is 5.63 Å². The quantitative estimate of drug-likeness (QED) is 0.212. The van der Waals surface area contributed by atoms with Gasteiger partial charge in [0.25, 0.3) is 0 Å². The molecule has 0 bridgehead atoms. The third-order valence-electron chi connectivity index (χ3n) is 4.62. The lowest BCUT2D eigenvalue weighted by Crippen LogP contribution is -2.02. The SMILES string of the molecule is O=c1oc2c(Br)cc(Br)cc2cc1-c1nc(-c2ccc(Oc3ccccc3)cc2)cs1. The summed E-state index contributed by atoms with van der Waals surface area (Å²) in [7, 11) is 0. The van der Waals surface area contributed by atoms with Crippen molar-refractivity contribution in [3.05, 3.63) is 97.5 Å². The fraction of sp³-hybridized carbons (Fsp3) is 0. The lowest BCUT2D eigenvalue weighted by atomic mass is 10.1. The maximum Gasteiger partial charge on any atom is 0.346 e. The Balaban J connectivity index is 1.45. The number of rotatable bonds is 4. The van der Waals surface area contributed by atoms with Gasteiger partial charge in [-0.1, -0.05) is 34.1 Å². The molecule has 0 saturated carbocycles. The van der Waals surface area contributed by atoms with E-state index in [1.807, 2.05) is 78.2 Å². The Kier molecular flexibility index (Phi) is 5.48. The highest BCUT2D eigenvalue weighted by molar-refractivity contribution is 9.11. The van der Waals surface area contributed by atoms with Gasteiger partial charge in [0, 0.05) is 20.8 Å². The molecule has 3 aromatic carbocycles. The first kappa shape index (κ1) is 20.2. The van der Waals surface area contributed by atoms with E-state index in [2.05, 4.69) is 36.8 Å². The second-order valence-corrected chi connectivity index (χ2v) is 9.36. The fourth-order valence-electron chi connectivity index (χ4n) is 3.15. The molecule has 4 nitrogen and oxygen atoms in total. The summed E-state index contributed by atoms with van der Waals surface area (Å²) >= 11 is 8.32. The highest BCUT2D eigenvalue weighted by Crippen LogP contribution is 2.33. The zero-order chi connectivity index (χ0) is 21.4. The average molecular weight is 555 g/mol. The van der Waals surface area contributed by atoms with Gasteiger partial charge in [0.1, 0.15) is 16.5 Å². The molecule has 5 aromatic rings. The number of thiazole rings is 1. The van der Waals surface area contributed by atoms with Crippen LogP contribution in [0.3, 0.4) is 0 Å². The third kappa shape index (κ3) is 4.21. The molecule has 7 heteroatoms. The zero-order valence-corrected chi connectivity index (χ0v) is 19.8. The number of aromatic nitrogens is 1. The van der Waals surface area contributed by atoms with Gasteiger partial charge in [-0.15, -0.1) is 11.3 Å². The summed E-state index contributed by atoms with van der Waals surface area (Å²) in [5, 5.41) is 3.37. The van der Waals surface area contributed by atoms with Crippen molar-refractivity contribution in [1.29, 1.82) is 0 Å². The maximum absolute atomic E-state index is 12.6. The van der Waals surface area contributed by atoms with E-state index in [1.165, 1.54) is 11.3 Å². The van der Waals surface area contributed by atoms with Gasteiger partial charge in [-0.3, -0.25) is 0 Å². The number of para-hydroxylation sites is 1. The Morgan fingerprint density at radius 2 is 1.65 bits per heavy atom. The molecule has 0 radical (unpaired) electrons. The molecular weight excluding hydrogens is 542 g/mol. The minimum absolute atomic E-state index is 0.414. The summed E-state index contributed by atoms with van der Waals surface area (Å²) in [5.41, 5.74) is 2.28. The van der Waals surface area contributed by atoms with Crippen LogP contribution in [0.15, 0.2) is 96.3 Å². The summed E-state index contributed by atoms with van der Waals surface area (Å²) in [4.78, 5) is 17.3. The molecule has 0 aliphatic rings. The second kappa shape index (κ2) is 8.42. The normalized spacial score (nSPS) is 11.0. The van der Waals surface area contributed by atoms with Crippen LogP contribution in [-0.4, -0.2) is 4.98 Å². The lowest BCUT2D eigenvalue weighted by molar-refractivity contribution is 0.483. The number of benzene rings is 3. The molecule has 0 unspecified atom stereocenters. The van der Waals surface area contributed by atoms with Crippen LogP contribution in [0.1, 0.15) is 0 Å². The highest BCUT2D eigenvalue weighted by atomic mass is 79.9. The van der Waals surface area contributed by atoms with Gasteiger partial charge in [-0.25, -0.2) is 9.78 Å². The van der Waals surface area contributed by atoms with Gasteiger partial charge in [0.15, 0.2) is 5.58 Å². The van der Waals surface area contributed by atoms with Crippen molar-refractivity contribution >= 4 is 54.2 Å². The van der Waals surface area contributed by atoms with Crippen LogP contribution in [0.5, 0.6) is 11.5 Å². The van der Waals surface area contributed by atoms with Crippen molar-refractivity contribution in [2.75, 3.05) is 0 Å². The van der Waals surface area contributed by atoms with E-state index in [4.69, 9.17) is 9.15 Å². The molecule has 0 amide bonds. The first-order valence-electron chi connectivity index (χ1n) is 9.29. The van der Waals surface area contributed by atoms with Crippen LogP contribution in [0.2, 0.25) is 0 Å². The largest absolute Gasteiger partial charge is 0.457 e. The number of ether oxygens (including phenoxy) is 1. The molecule has 0 spiro atoms. The molecule has 0 saturated heterocycles. The number of hydrogen-bond acceptors (Lipinski definition) is 5. The van der Waals surface area contributed by atoms with E-state index in [1.54, 1.807) is 0 Å². The molecule has 31 heavy (non-hydrogen) atoms. The van der Waals surface area contributed by atoms with Crippen molar-refractivity contribution in [1.82, 2.24) is 4.98 Å². The smallest absolute Gasteiger partial charge is 0.346 e. The van der Waals surface area contributed by atoms with Gasteiger partial charge in [-0.05, 0) is 70.5 Å². The summed E-state index contributed by atoms with van der Waals surface area (Å²) < 4.78 is 13.0. The van der Waals surface area contributed by atoms with Gasteiger partial charge >= 0.3 is 5.63 Å². The van der Waals surface area contributed by atoms with Crippen LogP contribution >= 0.6 is 43.2 Å². The van der Waals surface area contributed by atoms with E-state index in [0.717, 1.165) is 37.1 Å². The van der Waals surface area contributed by atoms with Crippen LogP contribution in [0, 0.1) is 0 Å². The van der Waals surface area contributed by atoms with Crippen molar-refractivity contribution in [3.63, 3.8) is 0 Å². The third-order valence-corrected chi connectivity index (χ3v) is 6.54. The van der Waals surface area contributed by atoms with Crippen molar-refractivity contribution < 1.29 is 9.15 Å². The Bertz CT molecular complexity index is 1440. The van der Waals surface area contributed by atoms with E-state index in [0.29, 0.717) is 16.2 Å². The first-order chi connectivity index (χ1) is 15.1. The Morgan fingerprint density at radius 3 is 2.42 bits per heavy atom. The maximum atomic E-state index is 12.6. The molecule has 0 aliphatic carbocycles. The number of halogens is 2. The number of nitrogens with zero attached hydrogens (tertiary/aromatic N) is 1. The molecule has 152 valence electrons. The Hall–Kier alpha value is -2.74. The number of fused-ring (bicyclic) bond motifs is 1. The van der Waals surface area contributed by atoms with Crippen LogP contribution in [0.25, 0.3) is 32.8 Å². The molecule has 2 heterocycles. The van der Waals surface area contributed by atoms with Gasteiger partial charge in [-0.2, -0.15) is 0 Å². The van der Waals surface area contributed by atoms with Crippen molar-refractivity contribution in [2.45, 2.75) is 0 Å².